The van der Waals surface area contributed by atoms with E-state index in [1.54, 1.807) is 0 Å². The molecule has 4 rings (SSSR count). The first kappa shape index (κ1) is 52.5. The first-order valence-corrected chi connectivity index (χ1v) is 25.1. The Labute approximate surface area is 369 Å². The summed E-state index contributed by atoms with van der Waals surface area (Å²) in [6, 6.07) is 31.9. The van der Waals surface area contributed by atoms with E-state index in [0.717, 1.165) is 122 Å². The van der Waals surface area contributed by atoms with Crippen molar-refractivity contribution in [2.45, 2.75) is 105 Å². The van der Waals surface area contributed by atoms with Gasteiger partial charge in [-0.05, 0) is 121 Å². The Bertz CT molecular complexity index is 1460. The molecule has 0 aromatic heterocycles. The van der Waals surface area contributed by atoms with E-state index in [1.165, 1.54) is 0 Å². The van der Waals surface area contributed by atoms with Crippen molar-refractivity contribution in [1.29, 1.82) is 0 Å². The summed E-state index contributed by atoms with van der Waals surface area (Å²) < 4.78 is 24.0. The Kier molecular flexibility index (Phi) is 28.5. The maximum atomic E-state index is 6.01. The molecule has 53 heavy (non-hydrogen) atoms. The molecule has 0 aliphatic rings. The fourth-order valence-electron chi connectivity index (χ4n) is 5.19. The Morgan fingerprint density at radius 1 is 0.415 bits per heavy atom. The van der Waals surface area contributed by atoms with Gasteiger partial charge in [-0.25, -0.2) is 0 Å². The van der Waals surface area contributed by atoms with Crippen LogP contribution in [-0.4, -0.2) is 0 Å². The van der Waals surface area contributed by atoms with Crippen LogP contribution in [0, 0.1) is 0 Å². The third kappa shape index (κ3) is 19.9. The molecule has 0 saturated carbocycles. The molecule has 0 fully saturated rings. The molecule has 4 aromatic carbocycles. The van der Waals surface area contributed by atoms with Gasteiger partial charge in [0.25, 0.3) is 0 Å². The van der Waals surface area contributed by atoms with Crippen molar-refractivity contribution in [3.8, 4) is 23.0 Å². The van der Waals surface area contributed by atoms with Crippen LogP contribution in [0.4, 0.5) is 0 Å². The molecule has 0 bridgehead atoms. The summed E-state index contributed by atoms with van der Waals surface area (Å²) in [6.45, 7) is 8.71. The second-order valence-electron chi connectivity index (χ2n) is 12.1. The summed E-state index contributed by atoms with van der Waals surface area (Å²) in [7, 11) is 0. The maximum Gasteiger partial charge on any atom is 6.00 e. The van der Waals surface area contributed by atoms with E-state index in [0.29, 0.717) is 0 Å². The van der Waals surface area contributed by atoms with Crippen molar-refractivity contribution in [2.24, 2.45) is 0 Å². The monoisotopic (exact) mass is 948 g/mol. The fourth-order valence-corrected chi connectivity index (χ4v) is 8.86. The number of unbranched alkanes of at least 4 members (excludes halogenated alkanes) is 4. The molecular weight excluding hydrogens is 895 g/mol. The molecule has 0 saturated heterocycles. The zero-order valence-electron chi connectivity index (χ0n) is 31.1. The van der Waals surface area contributed by atoms with Crippen LogP contribution in [0.5, 0.6) is 23.0 Å². The third-order valence-electron chi connectivity index (χ3n) is 7.93. The van der Waals surface area contributed by atoms with E-state index in [9.17, 15) is 0 Å². The van der Waals surface area contributed by atoms with Gasteiger partial charge in [-0.2, -0.15) is 0 Å². The molecular formula is C40H52MoO4P2S6. The fraction of sp³-hybridized carbons (Fsp3) is 0.400. The quantitative estimate of drug-likeness (QED) is 0.0493. The van der Waals surface area contributed by atoms with Crippen molar-refractivity contribution >= 4 is 86.5 Å². The van der Waals surface area contributed by atoms with Gasteiger partial charge in [0, 0.05) is 0 Å². The average molecular weight is 947 g/mol. The van der Waals surface area contributed by atoms with E-state index in [1.807, 2.05) is 72.8 Å². The minimum Gasteiger partial charge on any atom is -2.00 e. The van der Waals surface area contributed by atoms with Crippen LogP contribution in [0.25, 0.3) is 0 Å². The molecule has 0 aliphatic heterocycles. The first-order chi connectivity index (χ1) is 24.1. The minimum absolute atomic E-state index is 0. The molecule has 0 aliphatic carbocycles. The van der Waals surface area contributed by atoms with Gasteiger partial charge < -0.3 is 69.6 Å². The number of para-hydroxylation sites is 4. The number of aryl methyl sites for hydroxylation is 4. The van der Waals surface area contributed by atoms with Crippen molar-refractivity contribution in [3.63, 3.8) is 0 Å². The summed E-state index contributed by atoms with van der Waals surface area (Å²) in [5.41, 5.74) is -1.10. The number of hydrogen-bond donors (Lipinski definition) is 0. The molecule has 4 aromatic rings. The van der Waals surface area contributed by atoms with Gasteiger partial charge in [-0.15, -0.1) is 0 Å². The number of hydrogen-bond acceptors (Lipinski definition) is 8. The summed E-state index contributed by atoms with van der Waals surface area (Å²) in [5, 5.41) is 0. The standard InChI is InChI=1S/2C20H27O2PS2.Mo.2S/c2*1-3-5-11-17-13-7-9-15-19(17)21-23(24,25)22-20-16-10-8-14-18(20)12-6-4-2;;;/h2*7-10,13-16H,3-6,11-12H2,1-2H3,(H,24,25);;;/q;;+6;2*-2/p-2. The van der Waals surface area contributed by atoms with Gasteiger partial charge >= 0.3 is 21.1 Å². The molecule has 4 nitrogen and oxygen atoms in total. The Morgan fingerprint density at radius 3 is 0.792 bits per heavy atom. The van der Waals surface area contributed by atoms with E-state index in [-0.39, 0.29) is 48.1 Å². The van der Waals surface area contributed by atoms with Crippen LogP contribution in [0.2, 0.25) is 0 Å². The molecule has 0 radical (unpaired) electrons. The molecule has 0 N–H and O–H groups in total. The van der Waals surface area contributed by atoms with Gasteiger partial charge in [-0.3, -0.25) is 0 Å². The normalized spacial score (nSPS) is 10.7. The Hall–Kier alpha value is -0.532. The van der Waals surface area contributed by atoms with E-state index < -0.39 is 11.4 Å². The van der Waals surface area contributed by atoms with Crippen molar-refractivity contribution < 1.29 is 39.2 Å². The Balaban J connectivity index is 0.000000966. The predicted molar refractivity (Wildman–Crippen MR) is 241 cm³/mol. The molecule has 0 atom stereocenters. The zero-order chi connectivity index (χ0) is 36.2. The summed E-state index contributed by atoms with van der Waals surface area (Å²) in [4.78, 5) is 0. The van der Waals surface area contributed by atoms with Gasteiger partial charge in [0.1, 0.15) is 23.0 Å². The topological polar surface area (TPSA) is 36.9 Å². The number of rotatable bonds is 20. The molecule has 13 heteroatoms. The predicted octanol–water partition coefficient (Wildman–Crippen LogP) is 13.2. The van der Waals surface area contributed by atoms with Crippen molar-refractivity contribution in [3.05, 3.63) is 119 Å². The summed E-state index contributed by atoms with van der Waals surface area (Å²) in [6.07, 6.45) is 12.8. The molecule has 288 valence electrons. The smallest absolute Gasteiger partial charge is 2.00 e. The average Bonchev–Trinajstić information content (AvgIpc) is 3.10. The Morgan fingerprint density at radius 2 is 0.604 bits per heavy atom. The van der Waals surface area contributed by atoms with Crippen molar-refractivity contribution in [2.75, 3.05) is 0 Å². The molecule has 0 heterocycles. The van der Waals surface area contributed by atoms with Gasteiger partial charge in [0.05, 0.1) is 0 Å². The second kappa shape index (κ2) is 28.8. The van der Waals surface area contributed by atoms with Gasteiger partial charge in [0.2, 0.25) is 0 Å². The van der Waals surface area contributed by atoms with Crippen LogP contribution >= 0.6 is 11.4 Å². The maximum absolute atomic E-state index is 6.01. The number of benzene rings is 4. The van der Waals surface area contributed by atoms with Gasteiger partial charge in [0.15, 0.2) is 11.4 Å². The van der Waals surface area contributed by atoms with Crippen LogP contribution in [0.3, 0.4) is 0 Å². The van der Waals surface area contributed by atoms with E-state index in [2.05, 4.69) is 52.0 Å². The van der Waals surface area contributed by atoms with Crippen LogP contribution in [0.15, 0.2) is 97.1 Å². The first-order valence-electron chi connectivity index (χ1n) is 17.8. The largest absolute Gasteiger partial charge is 6.00 e. The van der Waals surface area contributed by atoms with Gasteiger partial charge in [-0.1, -0.05) is 126 Å². The summed E-state index contributed by atoms with van der Waals surface area (Å²) >= 11 is 22.1. The summed E-state index contributed by atoms with van der Waals surface area (Å²) in [5.74, 6) is 3.06. The van der Waals surface area contributed by atoms with Crippen molar-refractivity contribution in [1.82, 2.24) is 0 Å². The molecule has 0 amide bonds. The SMILES string of the molecule is CCCCc1ccccc1OP(=S)([S-])Oc1ccccc1CCCC.CCCCc1ccccc1OP(=S)([S-])Oc1ccccc1CCCC.[Mo+6].[S-2].[S-2]. The van der Waals surface area contributed by atoms with E-state index in [4.69, 9.17) is 66.2 Å². The third-order valence-corrected chi connectivity index (χ3v) is 11.4. The van der Waals surface area contributed by atoms with E-state index >= 15 is 0 Å². The second-order valence-corrected chi connectivity index (χ2v) is 21.8. The zero-order valence-corrected chi connectivity index (χ0v) is 39.8. The van der Waals surface area contributed by atoms with Crippen LogP contribution in [-0.2, 0) is 122 Å². The minimum atomic E-state index is -2.84. The molecule has 0 spiro atoms. The van der Waals surface area contributed by atoms with Crippen LogP contribution < -0.4 is 18.1 Å². The molecule has 0 unspecified atom stereocenters. The van der Waals surface area contributed by atoms with Crippen LogP contribution in [0.1, 0.15) is 101 Å².